The van der Waals surface area contributed by atoms with Crippen LogP contribution in [0.4, 0.5) is 4.39 Å². The zero-order valence-corrected chi connectivity index (χ0v) is 17.2. The van der Waals surface area contributed by atoms with E-state index in [0.717, 1.165) is 68.7 Å². The van der Waals surface area contributed by atoms with Crippen LogP contribution in [0.2, 0.25) is 0 Å². The maximum absolute atomic E-state index is 13.8. The summed E-state index contributed by atoms with van der Waals surface area (Å²) in [6.07, 6.45) is 3.72. The van der Waals surface area contributed by atoms with E-state index in [0.29, 0.717) is 11.6 Å². The van der Waals surface area contributed by atoms with Gasteiger partial charge in [-0.2, -0.15) is 5.10 Å². The van der Waals surface area contributed by atoms with E-state index in [9.17, 15) is 9.18 Å². The number of aromatic amines is 1. The summed E-state index contributed by atoms with van der Waals surface area (Å²) in [5.41, 5.74) is 3.32. The Hall–Kier alpha value is -2.21. The number of carbonyl (C=O) groups excluding carboxylic acids is 1. The smallest absolute Gasteiger partial charge is 0.274 e. The molecule has 28 heavy (non-hydrogen) atoms. The molecule has 0 atom stereocenters. The fraction of sp³-hybridized carbons (Fsp3) is 0.545. The topological polar surface area (TPSA) is 52.2 Å². The van der Waals surface area contributed by atoms with Crippen molar-refractivity contribution in [3.8, 4) is 0 Å². The molecule has 1 N–H and O–H groups in total. The van der Waals surface area contributed by atoms with Gasteiger partial charge in [-0.15, -0.1) is 0 Å². The van der Waals surface area contributed by atoms with E-state index in [1.54, 1.807) is 6.07 Å². The number of benzene rings is 1. The van der Waals surface area contributed by atoms with Crippen molar-refractivity contribution in [2.45, 2.75) is 39.5 Å². The SMILES string of the molecule is CCc1[nH]nc(C(=O)N(C)CC2CCN(CCc3ccccc3F)CC2)c1C. The van der Waals surface area contributed by atoms with Gasteiger partial charge in [0.2, 0.25) is 0 Å². The Morgan fingerprint density at radius 1 is 1.32 bits per heavy atom. The monoisotopic (exact) mass is 386 g/mol. The van der Waals surface area contributed by atoms with Crippen LogP contribution in [0.1, 0.15) is 47.1 Å². The Bertz CT molecular complexity index is 796. The number of halogens is 1. The maximum atomic E-state index is 13.8. The number of nitrogens with zero attached hydrogens (tertiary/aromatic N) is 3. The predicted molar refractivity (Wildman–Crippen MR) is 109 cm³/mol. The lowest BCUT2D eigenvalue weighted by Gasteiger charge is -2.33. The van der Waals surface area contributed by atoms with E-state index in [1.807, 2.05) is 31.0 Å². The van der Waals surface area contributed by atoms with Crippen molar-refractivity contribution in [2.75, 3.05) is 33.2 Å². The third-order valence-corrected chi connectivity index (χ3v) is 5.91. The van der Waals surface area contributed by atoms with Crippen molar-refractivity contribution in [1.29, 1.82) is 0 Å². The predicted octanol–water partition coefficient (Wildman–Crippen LogP) is 3.45. The van der Waals surface area contributed by atoms with Crippen molar-refractivity contribution < 1.29 is 9.18 Å². The number of rotatable bonds is 7. The van der Waals surface area contributed by atoms with Crippen LogP contribution in [0.15, 0.2) is 24.3 Å². The third kappa shape index (κ3) is 4.79. The highest BCUT2D eigenvalue weighted by Gasteiger charge is 2.24. The number of H-pyrrole nitrogens is 1. The average molecular weight is 387 g/mol. The van der Waals surface area contributed by atoms with Crippen LogP contribution in [0, 0.1) is 18.7 Å². The zero-order chi connectivity index (χ0) is 20.1. The minimum atomic E-state index is -0.114. The van der Waals surface area contributed by atoms with E-state index < -0.39 is 0 Å². The number of hydrogen-bond acceptors (Lipinski definition) is 3. The molecule has 1 fully saturated rings. The summed E-state index contributed by atoms with van der Waals surface area (Å²) in [5.74, 6) is 0.386. The number of piperidine rings is 1. The molecule has 1 aliphatic rings. The van der Waals surface area contributed by atoms with Crippen molar-refractivity contribution in [3.63, 3.8) is 0 Å². The number of hydrogen-bond donors (Lipinski definition) is 1. The van der Waals surface area contributed by atoms with Gasteiger partial charge in [0, 0.05) is 31.4 Å². The van der Waals surface area contributed by atoms with Crippen molar-refractivity contribution >= 4 is 5.91 Å². The van der Waals surface area contributed by atoms with Crippen LogP contribution < -0.4 is 0 Å². The highest BCUT2D eigenvalue weighted by molar-refractivity contribution is 5.93. The van der Waals surface area contributed by atoms with Gasteiger partial charge in [-0.25, -0.2) is 4.39 Å². The summed E-state index contributed by atoms with van der Waals surface area (Å²) in [7, 11) is 1.87. The Labute approximate surface area is 166 Å². The first-order valence-electron chi connectivity index (χ1n) is 10.2. The van der Waals surface area contributed by atoms with Gasteiger partial charge in [-0.3, -0.25) is 9.89 Å². The van der Waals surface area contributed by atoms with Crippen LogP contribution >= 0.6 is 0 Å². The molecule has 1 saturated heterocycles. The molecule has 1 amide bonds. The number of likely N-dealkylation sites (tertiary alicyclic amines) is 1. The first kappa shape index (κ1) is 20.5. The molecule has 0 radical (unpaired) electrons. The molecule has 0 spiro atoms. The number of amides is 1. The minimum absolute atomic E-state index is 0.00423. The quantitative estimate of drug-likeness (QED) is 0.793. The Balaban J connectivity index is 1.45. The summed E-state index contributed by atoms with van der Waals surface area (Å²) in [5, 5.41) is 7.19. The fourth-order valence-electron chi connectivity index (χ4n) is 4.01. The normalized spacial score (nSPS) is 15.7. The molecule has 0 aliphatic carbocycles. The standard InChI is InChI=1S/C22H31FN4O/c1-4-20-16(2)21(25-24-20)22(28)26(3)15-17-9-12-27(13-10-17)14-11-18-7-5-6-8-19(18)23/h5-8,17H,4,9-15H2,1-3H3,(H,24,25). The van der Waals surface area contributed by atoms with Crippen LogP contribution in [-0.4, -0.2) is 59.1 Å². The maximum Gasteiger partial charge on any atom is 0.274 e. The van der Waals surface area contributed by atoms with Crippen molar-refractivity contribution in [3.05, 3.63) is 52.6 Å². The van der Waals surface area contributed by atoms with Crippen LogP contribution in [0.3, 0.4) is 0 Å². The van der Waals surface area contributed by atoms with E-state index in [4.69, 9.17) is 0 Å². The summed E-state index contributed by atoms with van der Waals surface area (Å²) in [4.78, 5) is 16.9. The Kier molecular flexibility index (Phi) is 6.83. The molecule has 3 rings (SSSR count). The van der Waals surface area contributed by atoms with Gasteiger partial charge in [-0.05, 0) is 63.2 Å². The third-order valence-electron chi connectivity index (χ3n) is 5.91. The molecular weight excluding hydrogens is 355 g/mol. The molecule has 0 unspecified atom stereocenters. The van der Waals surface area contributed by atoms with Gasteiger partial charge >= 0.3 is 0 Å². The average Bonchev–Trinajstić information content (AvgIpc) is 3.08. The molecular formula is C22H31FN4O. The van der Waals surface area contributed by atoms with Gasteiger partial charge in [0.25, 0.3) is 5.91 Å². The molecule has 2 aromatic rings. The fourth-order valence-corrected chi connectivity index (χ4v) is 4.01. The molecule has 0 bridgehead atoms. The van der Waals surface area contributed by atoms with E-state index in [-0.39, 0.29) is 11.7 Å². The van der Waals surface area contributed by atoms with Crippen LogP contribution in [-0.2, 0) is 12.8 Å². The number of aryl methyl sites for hydroxylation is 1. The van der Waals surface area contributed by atoms with E-state index in [1.165, 1.54) is 6.07 Å². The summed E-state index contributed by atoms with van der Waals surface area (Å²) >= 11 is 0. The molecule has 152 valence electrons. The van der Waals surface area contributed by atoms with E-state index in [2.05, 4.69) is 22.0 Å². The van der Waals surface area contributed by atoms with Crippen molar-refractivity contribution in [1.82, 2.24) is 20.0 Å². The molecule has 6 heteroatoms. The molecule has 1 aliphatic heterocycles. The number of nitrogens with one attached hydrogen (secondary N) is 1. The minimum Gasteiger partial charge on any atom is -0.340 e. The summed E-state index contributed by atoms with van der Waals surface area (Å²) < 4.78 is 13.8. The second-order valence-electron chi connectivity index (χ2n) is 7.84. The Morgan fingerprint density at radius 3 is 2.68 bits per heavy atom. The molecule has 2 heterocycles. The first-order valence-corrected chi connectivity index (χ1v) is 10.2. The lowest BCUT2D eigenvalue weighted by molar-refractivity contribution is 0.0734. The number of aromatic nitrogens is 2. The van der Waals surface area contributed by atoms with Crippen LogP contribution in [0.25, 0.3) is 0 Å². The van der Waals surface area contributed by atoms with Gasteiger partial charge in [0.05, 0.1) is 0 Å². The van der Waals surface area contributed by atoms with Gasteiger partial charge in [0.1, 0.15) is 5.82 Å². The van der Waals surface area contributed by atoms with Crippen molar-refractivity contribution in [2.24, 2.45) is 5.92 Å². The Morgan fingerprint density at radius 2 is 2.04 bits per heavy atom. The largest absolute Gasteiger partial charge is 0.340 e. The molecule has 1 aromatic carbocycles. The molecule has 5 nitrogen and oxygen atoms in total. The second kappa shape index (κ2) is 9.32. The molecule has 0 saturated carbocycles. The summed E-state index contributed by atoms with van der Waals surface area (Å²) in [6.45, 7) is 7.66. The lowest BCUT2D eigenvalue weighted by atomic mass is 9.95. The van der Waals surface area contributed by atoms with Gasteiger partial charge < -0.3 is 9.80 Å². The molecule has 1 aromatic heterocycles. The van der Waals surface area contributed by atoms with Gasteiger partial charge in [0.15, 0.2) is 5.69 Å². The van der Waals surface area contributed by atoms with Crippen LogP contribution in [0.5, 0.6) is 0 Å². The highest BCUT2D eigenvalue weighted by atomic mass is 19.1. The second-order valence-corrected chi connectivity index (χ2v) is 7.84. The number of carbonyl (C=O) groups is 1. The highest BCUT2D eigenvalue weighted by Crippen LogP contribution is 2.20. The van der Waals surface area contributed by atoms with E-state index >= 15 is 0 Å². The summed E-state index contributed by atoms with van der Waals surface area (Å²) in [6, 6.07) is 7.01. The van der Waals surface area contributed by atoms with Gasteiger partial charge in [-0.1, -0.05) is 25.1 Å². The lowest BCUT2D eigenvalue weighted by Crippen LogP contribution is -2.40. The first-order chi connectivity index (χ1) is 13.5. The zero-order valence-electron chi connectivity index (χ0n) is 17.2.